The number of benzene rings is 2. The highest BCUT2D eigenvalue weighted by atomic mass is 16.5. The van der Waals surface area contributed by atoms with Gasteiger partial charge in [-0.15, -0.1) is 0 Å². The van der Waals surface area contributed by atoms with E-state index in [9.17, 15) is 14.7 Å². The van der Waals surface area contributed by atoms with Crippen LogP contribution in [0.15, 0.2) is 84.7 Å². The van der Waals surface area contributed by atoms with Crippen LogP contribution in [0, 0.1) is 0 Å². The zero-order valence-electron chi connectivity index (χ0n) is 18.9. The number of nitrogens with zero attached hydrogens (tertiary/aromatic N) is 2. The summed E-state index contributed by atoms with van der Waals surface area (Å²) in [5.41, 5.74) is 2.17. The molecule has 0 aliphatic carbocycles. The molecule has 1 aromatic heterocycles. The molecule has 0 radical (unpaired) electrons. The number of amides is 1. The van der Waals surface area contributed by atoms with Gasteiger partial charge in [0, 0.05) is 38.2 Å². The maximum atomic E-state index is 13.0. The lowest BCUT2D eigenvalue weighted by atomic mass is 9.96. The van der Waals surface area contributed by atoms with Crippen LogP contribution >= 0.6 is 0 Å². The minimum absolute atomic E-state index is 0.0494. The molecular weight excluding hydrogens is 432 g/mol. The summed E-state index contributed by atoms with van der Waals surface area (Å²) in [5, 5.41) is 11.1. The molecule has 1 aliphatic rings. The molecular formula is C27H26N2O5. The van der Waals surface area contributed by atoms with Gasteiger partial charge in [-0.3, -0.25) is 14.6 Å². The molecule has 1 amide bonds. The molecule has 0 spiro atoms. The van der Waals surface area contributed by atoms with Crippen molar-refractivity contribution in [2.75, 3.05) is 20.3 Å². The van der Waals surface area contributed by atoms with Gasteiger partial charge in [0.1, 0.15) is 18.1 Å². The molecule has 1 N–H and O–H groups in total. The van der Waals surface area contributed by atoms with Crippen molar-refractivity contribution in [1.29, 1.82) is 0 Å². The predicted molar refractivity (Wildman–Crippen MR) is 127 cm³/mol. The first-order valence-electron chi connectivity index (χ1n) is 11.0. The van der Waals surface area contributed by atoms with Crippen molar-refractivity contribution in [2.45, 2.75) is 19.1 Å². The highest BCUT2D eigenvalue weighted by molar-refractivity contribution is 6.46. The quantitative estimate of drug-likeness (QED) is 0.225. The van der Waals surface area contributed by atoms with Gasteiger partial charge in [-0.2, -0.15) is 0 Å². The number of carbonyl (C=O) groups is 2. The molecule has 4 rings (SSSR count). The molecule has 1 fully saturated rings. The number of likely N-dealkylation sites (tertiary alicyclic amines) is 1. The van der Waals surface area contributed by atoms with Gasteiger partial charge in [0.05, 0.1) is 11.6 Å². The molecule has 0 unspecified atom stereocenters. The van der Waals surface area contributed by atoms with E-state index in [-0.39, 0.29) is 11.3 Å². The number of carbonyl (C=O) groups excluding carboxylic acids is 2. The Hall–Kier alpha value is -3.97. The van der Waals surface area contributed by atoms with E-state index in [2.05, 4.69) is 4.98 Å². The van der Waals surface area contributed by atoms with Crippen LogP contribution in [0.5, 0.6) is 5.75 Å². The van der Waals surface area contributed by atoms with E-state index < -0.39 is 17.7 Å². The fourth-order valence-corrected chi connectivity index (χ4v) is 3.98. The van der Waals surface area contributed by atoms with E-state index in [4.69, 9.17) is 9.47 Å². The molecule has 7 heteroatoms. The van der Waals surface area contributed by atoms with Crippen LogP contribution < -0.4 is 4.74 Å². The predicted octanol–water partition coefficient (Wildman–Crippen LogP) is 4.12. The van der Waals surface area contributed by atoms with Crippen molar-refractivity contribution in [3.63, 3.8) is 0 Å². The van der Waals surface area contributed by atoms with Crippen LogP contribution in [0.2, 0.25) is 0 Å². The first-order valence-corrected chi connectivity index (χ1v) is 11.0. The van der Waals surface area contributed by atoms with Crippen molar-refractivity contribution < 1.29 is 24.2 Å². The number of methoxy groups -OCH3 is 1. The Labute approximate surface area is 198 Å². The Morgan fingerprint density at radius 1 is 1.03 bits per heavy atom. The number of hydrogen-bond donors (Lipinski definition) is 1. The van der Waals surface area contributed by atoms with Crippen LogP contribution in [0.4, 0.5) is 0 Å². The summed E-state index contributed by atoms with van der Waals surface area (Å²) in [7, 11) is 1.58. The molecule has 0 bridgehead atoms. The van der Waals surface area contributed by atoms with Crippen molar-refractivity contribution in [3.05, 3.63) is 101 Å². The van der Waals surface area contributed by atoms with E-state index in [1.54, 1.807) is 55.9 Å². The number of ketones is 1. The van der Waals surface area contributed by atoms with Gasteiger partial charge in [0.25, 0.3) is 11.7 Å². The lowest BCUT2D eigenvalue weighted by Gasteiger charge is -2.25. The summed E-state index contributed by atoms with van der Waals surface area (Å²) in [6, 6.07) is 19.4. The van der Waals surface area contributed by atoms with Crippen LogP contribution in [-0.4, -0.2) is 46.9 Å². The minimum atomic E-state index is -0.723. The average molecular weight is 459 g/mol. The van der Waals surface area contributed by atoms with E-state index >= 15 is 0 Å². The second kappa shape index (κ2) is 10.8. The molecule has 3 aromatic rings. The lowest BCUT2D eigenvalue weighted by Crippen LogP contribution is -2.31. The zero-order chi connectivity index (χ0) is 23.9. The van der Waals surface area contributed by atoms with Gasteiger partial charge in [0.15, 0.2) is 0 Å². The van der Waals surface area contributed by atoms with Crippen LogP contribution in [0.25, 0.3) is 5.76 Å². The normalized spacial score (nSPS) is 17.2. The van der Waals surface area contributed by atoms with Gasteiger partial charge in [-0.25, -0.2) is 0 Å². The number of aliphatic hydroxyl groups is 1. The third-order valence-electron chi connectivity index (χ3n) is 5.66. The first kappa shape index (κ1) is 23.2. The fourth-order valence-electron chi connectivity index (χ4n) is 3.98. The van der Waals surface area contributed by atoms with Crippen molar-refractivity contribution in [2.24, 2.45) is 0 Å². The highest BCUT2D eigenvalue weighted by Gasteiger charge is 2.45. The molecule has 0 saturated carbocycles. The van der Waals surface area contributed by atoms with E-state index in [1.807, 2.05) is 30.3 Å². The first-order chi connectivity index (χ1) is 16.6. The number of aromatic nitrogens is 1. The van der Waals surface area contributed by atoms with Gasteiger partial charge in [-0.1, -0.05) is 36.4 Å². The second-order valence-electron chi connectivity index (χ2n) is 7.92. The molecule has 2 heterocycles. The number of hydrogen-bond acceptors (Lipinski definition) is 6. The molecule has 1 aliphatic heterocycles. The highest BCUT2D eigenvalue weighted by Crippen LogP contribution is 2.39. The van der Waals surface area contributed by atoms with E-state index in [0.29, 0.717) is 43.1 Å². The van der Waals surface area contributed by atoms with Gasteiger partial charge < -0.3 is 19.5 Å². The van der Waals surface area contributed by atoms with Crippen molar-refractivity contribution >= 4 is 17.4 Å². The minimum Gasteiger partial charge on any atom is -0.507 e. The Morgan fingerprint density at radius 2 is 1.79 bits per heavy atom. The van der Waals surface area contributed by atoms with E-state index in [1.165, 1.54) is 4.90 Å². The van der Waals surface area contributed by atoms with Gasteiger partial charge in [0.2, 0.25) is 0 Å². The third-order valence-corrected chi connectivity index (χ3v) is 5.66. The maximum Gasteiger partial charge on any atom is 0.295 e. The number of pyridine rings is 1. The molecule has 1 atom stereocenters. The number of rotatable bonds is 9. The molecule has 7 nitrogen and oxygen atoms in total. The number of Topliss-reactive ketones (excluding diaryl/α,β-unsaturated/α-hetero) is 1. The zero-order valence-corrected chi connectivity index (χ0v) is 18.9. The summed E-state index contributed by atoms with van der Waals surface area (Å²) in [4.78, 5) is 31.5. The number of ether oxygens (including phenoxy) is 2. The van der Waals surface area contributed by atoms with Gasteiger partial charge in [-0.05, 0) is 47.9 Å². The molecule has 1 saturated heterocycles. The maximum absolute atomic E-state index is 13.0. The summed E-state index contributed by atoms with van der Waals surface area (Å²) in [6.45, 7) is 1.19. The largest absolute Gasteiger partial charge is 0.507 e. The summed E-state index contributed by atoms with van der Waals surface area (Å²) in [5.74, 6) is -0.956. The topological polar surface area (TPSA) is 89.0 Å². The second-order valence-corrected chi connectivity index (χ2v) is 7.92. The van der Waals surface area contributed by atoms with Crippen LogP contribution in [0.3, 0.4) is 0 Å². The van der Waals surface area contributed by atoms with Crippen LogP contribution in [-0.2, 0) is 20.9 Å². The smallest absolute Gasteiger partial charge is 0.295 e. The Bertz CT molecular complexity index is 1160. The summed E-state index contributed by atoms with van der Waals surface area (Å²) >= 11 is 0. The van der Waals surface area contributed by atoms with Crippen molar-refractivity contribution in [1.82, 2.24) is 9.88 Å². The monoisotopic (exact) mass is 458 g/mol. The Kier molecular flexibility index (Phi) is 7.34. The summed E-state index contributed by atoms with van der Waals surface area (Å²) < 4.78 is 10.9. The Morgan fingerprint density at radius 3 is 2.47 bits per heavy atom. The summed E-state index contributed by atoms with van der Waals surface area (Å²) in [6.07, 6.45) is 3.79. The molecule has 2 aromatic carbocycles. The fraction of sp³-hybridized carbons (Fsp3) is 0.222. The molecule has 34 heavy (non-hydrogen) atoms. The van der Waals surface area contributed by atoms with Crippen LogP contribution in [0.1, 0.15) is 29.2 Å². The lowest BCUT2D eigenvalue weighted by molar-refractivity contribution is -0.140. The van der Waals surface area contributed by atoms with E-state index in [0.717, 1.165) is 5.56 Å². The number of aliphatic hydroxyl groups excluding tert-OH is 1. The molecule has 174 valence electrons. The SMILES string of the molecule is COCCCN1C(=O)C(=O)C(=C(O)c2ccc(OCc3ccccc3)cc2)[C@@H]1c1cccnc1. The van der Waals surface area contributed by atoms with Crippen molar-refractivity contribution in [3.8, 4) is 5.75 Å². The standard InChI is InChI=1S/C27H26N2O5/c1-33-16-6-15-29-24(21-9-5-14-28-17-21)23(26(31)27(29)32)25(30)20-10-12-22(13-11-20)34-18-19-7-3-2-4-8-19/h2-5,7-14,17,24,30H,6,15-16,18H2,1H3/t24-/m0/s1. The average Bonchev–Trinajstić information content (AvgIpc) is 3.14. The third kappa shape index (κ3) is 5.00. The van der Waals surface area contributed by atoms with Gasteiger partial charge >= 0.3 is 0 Å². The Balaban J connectivity index is 1.62.